The molecule has 0 unspecified atom stereocenters. The Morgan fingerprint density at radius 1 is 0.694 bits per heavy atom. The third kappa shape index (κ3) is 8.32. The van der Waals surface area contributed by atoms with E-state index in [0.29, 0.717) is 0 Å². The number of aryl methyl sites for hydroxylation is 2. The maximum absolute atomic E-state index is 6.52. The molecule has 0 saturated carbocycles. The van der Waals surface area contributed by atoms with Crippen molar-refractivity contribution in [2.75, 3.05) is 0 Å². The molecule has 0 aliphatic heterocycles. The molecule has 251 valence electrons. The summed E-state index contributed by atoms with van der Waals surface area (Å²) in [5, 5.41) is 2.22. The van der Waals surface area contributed by atoms with Crippen molar-refractivity contribution < 1.29 is 24.5 Å². The number of hydrogen-bond donors (Lipinski definition) is 0. The summed E-state index contributed by atoms with van der Waals surface area (Å²) in [6.45, 7) is 11.1. The summed E-state index contributed by atoms with van der Waals surface area (Å²) in [6.07, 6.45) is 5.05. The van der Waals surface area contributed by atoms with Crippen molar-refractivity contribution in [1.29, 1.82) is 0 Å². The number of hydrogen-bond acceptors (Lipinski definition) is 3. The second kappa shape index (κ2) is 15.0. The summed E-state index contributed by atoms with van der Waals surface area (Å²) in [4.78, 5) is 9.34. The third-order valence-electron chi connectivity index (χ3n) is 8.64. The van der Waals surface area contributed by atoms with Crippen LogP contribution in [0, 0.1) is 31.4 Å². The summed E-state index contributed by atoms with van der Waals surface area (Å²) in [6, 6.07) is 39.8. The Hall–Kier alpha value is -3.83. The standard InChI is InChI=1S/C29H26NO.C15H18GeN.Ir/c1-19-18-30-26(16-21(19)17-29(2,3)4)25-15-9-14-24-23-13-8-12-22(27(23)31-28(24)25)20-10-6-5-7-11-20;1-12-10-15(13-8-6-5-7-9-13)17-11-14(12)16(2,3)4;/h5-14,16,18H,17H2,1-4H3;5-8,10-11H,1-4H3;/q2*-1;. The Kier molecular flexibility index (Phi) is 11.1. The van der Waals surface area contributed by atoms with E-state index in [2.05, 4.69) is 142 Å². The van der Waals surface area contributed by atoms with Crippen molar-refractivity contribution in [2.24, 2.45) is 5.41 Å². The molecule has 7 rings (SSSR count). The van der Waals surface area contributed by atoms with Gasteiger partial charge in [0, 0.05) is 37.3 Å². The molecule has 1 radical (unpaired) electrons. The van der Waals surface area contributed by atoms with Gasteiger partial charge in [0.2, 0.25) is 0 Å². The predicted octanol–water partition coefficient (Wildman–Crippen LogP) is 11.4. The van der Waals surface area contributed by atoms with E-state index in [1.807, 2.05) is 36.5 Å². The van der Waals surface area contributed by atoms with Gasteiger partial charge in [0.05, 0.1) is 5.58 Å². The van der Waals surface area contributed by atoms with E-state index >= 15 is 0 Å². The first-order valence-electron chi connectivity index (χ1n) is 16.7. The zero-order valence-electron chi connectivity index (χ0n) is 29.7. The molecule has 0 atom stereocenters. The topological polar surface area (TPSA) is 38.9 Å². The van der Waals surface area contributed by atoms with Crippen LogP contribution in [0.25, 0.3) is 55.6 Å². The van der Waals surface area contributed by atoms with E-state index in [9.17, 15) is 0 Å². The monoisotopic (exact) mass is 883 g/mol. The average Bonchev–Trinajstić information content (AvgIpc) is 3.45. The van der Waals surface area contributed by atoms with Gasteiger partial charge >= 0.3 is 106 Å². The summed E-state index contributed by atoms with van der Waals surface area (Å²) in [7, 11) is 0. The minimum absolute atomic E-state index is 0. The van der Waals surface area contributed by atoms with Gasteiger partial charge in [0.1, 0.15) is 5.58 Å². The Morgan fingerprint density at radius 2 is 1.41 bits per heavy atom. The Morgan fingerprint density at radius 3 is 2.08 bits per heavy atom. The second-order valence-corrected chi connectivity index (χ2v) is 25.5. The molecule has 0 N–H and O–H groups in total. The predicted molar refractivity (Wildman–Crippen MR) is 205 cm³/mol. The fourth-order valence-electron chi connectivity index (χ4n) is 6.30. The molecular formula is C44H44GeIrN2O-2. The van der Waals surface area contributed by atoms with E-state index in [1.165, 1.54) is 21.1 Å². The number of rotatable bonds is 5. The van der Waals surface area contributed by atoms with Gasteiger partial charge in [-0.05, 0) is 35.6 Å². The van der Waals surface area contributed by atoms with Gasteiger partial charge in [0.15, 0.2) is 0 Å². The number of fused-ring (bicyclic) bond motifs is 3. The molecular weight excluding hydrogens is 837 g/mol. The maximum atomic E-state index is 6.52. The summed E-state index contributed by atoms with van der Waals surface area (Å²) in [5.41, 5.74) is 12.1. The first kappa shape index (κ1) is 36.5. The fourth-order valence-corrected chi connectivity index (χ4v) is 9.89. The largest absolute Gasteiger partial charge is 0.500 e. The Labute approximate surface area is 307 Å². The smallest absolute Gasteiger partial charge is 0.128 e. The van der Waals surface area contributed by atoms with Crippen LogP contribution in [-0.4, -0.2) is 23.2 Å². The van der Waals surface area contributed by atoms with Crippen LogP contribution < -0.4 is 4.40 Å². The van der Waals surface area contributed by atoms with E-state index in [1.54, 1.807) is 0 Å². The quantitative estimate of drug-likeness (QED) is 0.128. The summed E-state index contributed by atoms with van der Waals surface area (Å²) < 4.78 is 8.01. The zero-order valence-corrected chi connectivity index (χ0v) is 34.2. The molecule has 49 heavy (non-hydrogen) atoms. The van der Waals surface area contributed by atoms with Crippen molar-refractivity contribution >= 4 is 39.6 Å². The van der Waals surface area contributed by atoms with Crippen LogP contribution in [0.3, 0.4) is 0 Å². The molecule has 0 spiro atoms. The van der Waals surface area contributed by atoms with E-state index in [0.717, 1.165) is 62.0 Å². The van der Waals surface area contributed by atoms with Crippen molar-refractivity contribution in [1.82, 2.24) is 9.97 Å². The number of para-hydroxylation sites is 1. The van der Waals surface area contributed by atoms with Crippen LogP contribution in [0.15, 0.2) is 114 Å². The first-order chi connectivity index (χ1) is 22.9. The summed E-state index contributed by atoms with van der Waals surface area (Å²) >= 11 is -1.77. The second-order valence-electron chi connectivity index (χ2n) is 14.9. The molecule has 3 aromatic heterocycles. The van der Waals surface area contributed by atoms with Crippen LogP contribution >= 0.6 is 0 Å². The maximum Gasteiger partial charge on any atom is 0.128 e. The number of nitrogens with zero attached hydrogens (tertiary/aromatic N) is 2. The first-order valence-corrected chi connectivity index (χ1v) is 24.0. The van der Waals surface area contributed by atoms with Crippen LogP contribution in [0.2, 0.25) is 17.3 Å². The molecule has 3 heterocycles. The minimum Gasteiger partial charge on any atom is -0.500 e. The van der Waals surface area contributed by atoms with Gasteiger partial charge in [0.25, 0.3) is 0 Å². The minimum atomic E-state index is -1.77. The van der Waals surface area contributed by atoms with Crippen molar-refractivity contribution in [3.8, 4) is 33.6 Å². The van der Waals surface area contributed by atoms with Gasteiger partial charge in [-0.15, -0.1) is 18.2 Å². The van der Waals surface area contributed by atoms with Crippen LogP contribution in [-0.2, 0) is 26.5 Å². The SMILES string of the molecule is Cc1cc(-c2[c-]cccc2)nc[c]1[Ge]([CH3])([CH3])[CH3].Cc1cnc(-c2[c-]ccc3c2oc2c(-c4ccccc4)cccc23)cc1CC(C)(C)C.[Ir]. The molecule has 7 aromatic rings. The van der Waals surface area contributed by atoms with Crippen molar-refractivity contribution in [2.45, 2.75) is 58.3 Å². The summed E-state index contributed by atoms with van der Waals surface area (Å²) in [5.74, 6) is 7.20. The normalized spacial score (nSPS) is 11.6. The van der Waals surface area contributed by atoms with Crippen LogP contribution in [0.5, 0.6) is 0 Å². The van der Waals surface area contributed by atoms with Gasteiger partial charge in [-0.1, -0.05) is 91.9 Å². The molecule has 3 nitrogen and oxygen atoms in total. The Bertz CT molecular complexity index is 2190. The van der Waals surface area contributed by atoms with E-state index in [-0.39, 0.29) is 25.5 Å². The molecule has 0 bridgehead atoms. The number of pyridine rings is 2. The van der Waals surface area contributed by atoms with Gasteiger partial charge in [-0.3, -0.25) is 0 Å². The molecule has 5 heteroatoms. The number of aromatic nitrogens is 2. The number of furan rings is 1. The molecule has 0 aliphatic carbocycles. The molecule has 4 aromatic carbocycles. The molecule has 0 saturated heterocycles. The van der Waals surface area contributed by atoms with Crippen LogP contribution in [0.1, 0.15) is 37.5 Å². The van der Waals surface area contributed by atoms with E-state index in [4.69, 9.17) is 9.40 Å². The zero-order chi connectivity index (χ0) is 34.1. The average molecular weight is 882 g/mol. The van der Waals surface area contributed by atoms with Gasteiger partial charge in [-0.25, -0.2) is 0 Å². The molecule has 0 fully saturated rings. The number of benzene rings is 4. The van der Waals surface area contributed by atoms with Gasteiger partial charge < -0.3 is 9.40 Å². The molecule has 0 aliphatic rings. The molecule has 0 amide bonds. The van der Waals surface area contributed by atoms with Crippen molar-refractivity contribution in [3.05, 3.63) is 138 Å². The van der Waals surface area contributed by atoms with E-state index < -0.39 is 13.3 Å². The van der Waals surface area contributed by atoms with Gasteiger partial charge in [-0.2, -0.15) is 0 Å². The van der Waals surface area contributed by atoms with Crippen molar-refractivity contribution in [3.63, 3.8) is 0 Å². The fraction of sp³-hybridized carbons (Fsp3) is 0.227. The Balaban J connectivity index is 0.000000221. The third-order valence-corrected chi connectivity index (χ3v) is 13.1. The van der Waals surface area contributed by atoms with Crippen LogP contribution in [0.4, 0.5) is 0 Å².